The molecule has 0 radical (unpaired) electrons. The third-order valence-electron chi connectivity index (χ3n) is 3.42. The van der Waals surface area contributed by atoms with E-state index in [1.165, 1.54) is 5.57 Å². The summed E-state index contributed by atoms with van der Waals surface area (Å²) in [6.07, 6.45) is 2.00. The molecule has 1 fully saturated rings. The van der Waals surface area contributed by atoms with Crippen molar-refractivity contribution >= 4 is 0 Å². The van der Waals surface area contributed by atoms with Crippen molar-refractivity contribution in [2.24, 2.45) is 5.73 Å². The predicted octanol–water partition coefficient (Wildman–Crippen LogP) is 0.916. The van der Waals surface area contributed by atoms with Gasteiger partial charge >= 0.3 is 0 Å². The van der Waals surface area contributed by atoms with Gasteiger partial charge in [-0.3, -0.25) is 4.90 Å². The molecule has 0 spiro atoms. The highest BCUT2D eigenvalue weighted by Gasteiger charge is 2.27. The molecule has 1 heterocycles. The van der Waals surface area contributed by atoms with Crippen LogP contribution in [0.25, 0.3) is 0 Å². The first kappa shape index (κ1) is 12.7. The zero-order valence-electron chi connectivity index (χ0n) is 10.4. The zero-order valence-corrected chi connectivity index (χ0v) is 10.4. The van der Waals surface area contributed by atoms with Crippen LogP contribution in [0.4, 0.5) is 0 Å². The Kier molecular flexibility index (Phi) is 4.77. The first-order valence-electron chi connectivity index (χ1n) is 5.85. The second-order valence-corrected chi connectivity index (χ2v) is 4.78. The summed E-state index contributed by atoms with van der Waals surface area (Å²) < 4.78 is 0. The number of hydrogen-bond donors (Lipinski definition) is 1. The average molecular weight is 211 g/mol. The number of hydrogen-bond acceptors (Lipinski definition) is 3. The number of piperazine rings is 1. The molecule has 0 aliphatic carbocycles. The standard InChI is InChI=1S/C12H25N3/c1-5-10(2)8-11(13)12-9-14(3)6-7-15(12)4/h11-12H,2,5-9,13H2,1,3-4H3. The van der Waals surface area contributed by atoms with Crippen LogP contribution in [0.5, 0.6) is 0 Å². The van der Waals surface area contributed by atoms with Crippen LogP contribution in [-0.4, -0.2) is 55.6 Å². The second-order valence-electron chi connectivity index (χ2n) is 4.78. The second kappa shape index (κ2) is 5.64. The topological polar surface area (TPSA) is 32.5 Å². The van der Waals surface area contributed by atoms with Gasteiger partial charge in [0.25, 0.3) is 0 Å². The van der Waals surface area contributed by atoms with E-state index in [1.807, 2.05) is 0 Å². The van der Waals surface area contributed by atoms with Crippen LogP contribution in [0.3, 0.4) is 0 Å². The number of nitrogens with two attached hydrogens (primary N) is 1. The normalized spacial score (nSPS) is 26.5. The van der Waals surface area contributed by atoms with Crippen LogP contribution in [0, 0.1) is 0 Å². The van der Waals surface area contributed by atoms with E-state index in [-0.39, 0.29) is 6.04 Å². The minimum absolute atomic E-state index is 0.227. The summed E-state index contributed by atoms with van der Waals surface area (Å²) >= 11 is 0. The Balaban J connectivity index is 2.49. The molecule has 1 saturated heterocycles. The Bertz CT molecular complexity index is 215. The minimum Gasteiger partial charge on any atom is -0.326 e. The average Bonchev–Trinajstić information content (AvgIpc) is 2.21. The molecule has 0 aromatic heterocycles. The molecule has 88 valence electrons. The summed E-state index contributed by atoms with van der Waals surface area (Å²) in [6.45, 7) is 9.53. The lowest BCUT2D eigenvalue weighted by Gasteiger charge is -2.40. The highest BCUT2D eigenvalue weighted by Crippen LogP contribution is 2.15. The van der Waals surface area contributed by atoms with E-state index in [9.17, 15) is 0 Å². The first-order chi connectivity index (χ1) is 7.04. The summed E-state index contributed by atoms with van der Waals surface area (Å²) in [5, 5.41) is 0. The van der Waals surface area contributed by atoms with Crippen molar-refractivity contribution < 1.29 is 0 Å². The fourth-order valence-electron chi connectivity index (χ4n) is 2.12. The van der Waals surface area contributed by atoms with E-state index in [0.29, 0.717) is 6.04 Å². The van der Waals surface area contributed by atoms with Crippen molar-refractivity contribution in [1.82, 2.24) is 9.80 Å². The number of rotatable bonds is 4. The van der Waals surface area contributed by atoms with Crippen LogP contribution >= 0.6 is 0 Å². The molecule has 3 nitrogen and oxygen atoms in total. The van der Waals surface area contributed by atoms with Gasteiger partial charge in [-0.25, -0.2) is 0 Å². The van der Waals surface area contributed by atoms with Gasteiger partial charge in [-0.1, -0.05) is 19.1 Å². The molecule has 2 atom stereocenters. The van der Waals surface area contributed by atoms with Gasteiger partial charge in [0.15, 0.2) is 0 Å². The molecule has 2 unspecified atom stereocenters. The van der Waals surface area contributed by atoms with Gasteiger partial charge in [0, 0.05) is 31.7 Å². The lowest BCUT2D eigenvalue weighted by molar-refractivity contribution is 0.0972. The smallest absolute Gasteiger partial charge is 0.0374 e. The van der Waals surface area contributed by atoms with Crippen LogP contribution in [0.2, 0.25) is 0 Å². The summed E-state index contributed by atoms with van der Waals surface area (Å²) in [5.74, 6) is 0. The molecule has 0 aromatic carbocycles. The van der Waals surface area contributed by atoms with Gasteiger partial charge in [0.05, 0.1) is 0 Å². The predicted molar refractivity (Wildman–Crippen MR) is 65.9 cm³/mol. The van der Waals surface area contributed by atoms with E-state index in [4.69, 9.17) is 5.73 Å². The SMILES string of the molecule is C=C(CC)CC(N)C1CN(C)CCN1C. The maximum absolute atomic E-state index is 6.25. The van der Waals surface area contributed by atoms with E-state index >= 15 is 0 Å². The van der Waals surface area contributed by atoms with Crippen LogP contribution < -0.4 is 5.73 Å². The molecule has 0 aromatic rings. The maximum atomic E-state index is 6.25. The van der Waals surface area contributed by atoms with Gasteiger partial charge in [0.1, 0.15) is 0 Å². The van der Waals surface area contributed by atoms with E-state index in [2.05, 4.69) is 37.4 Å². The van der Waals surface area contributed by atoms with Crippen molar-refractivity contribution in [3.8, 4) is 0 Å². The summed E-state index contributed by atoms with van der Waals surface area (Å²) in [5.41, 5.74) is 7.52. The van der Waals surface area contributed by atoms with Crippen molar-refractivity contribution in [1.29, 1.82) is 0 Å². The largest absolute Gasteiger partial charge is 0.326 e. The Labute approximate surface area is 93.9 Å². The highest BCUT2D eigenvalue weighted by molar-refractivity contribution is 5.00. The minimum atomic E-state index is 0.227. The third-order valence-corrected chi connectivity index (χ3v) is 3.42. The number of likely N-dealkylation sites (N-methyl/N-ethyl adjacent to an activating group) is 2. The van der Waals surface area contributed by atoms with Gasteiger partial charge in [-0.15, -0.1) is 0 Å². The molecule has 0 saturated carbocycles. The van der Waals surface area contributed by atoms with Crippen LogP contribution in [0.1, 0.15) is 19.8 Å². The molecule has 1 aliphatic heterocycles. The summed E-state index contributed by atoms with van der Waals surface area (Å²) in [6, 6.07) is 0.706. The molecule has 3 heteroatoms. The zero-order chi connectivity index (χ0) is 11.4. The van der Waals surface area contributed by atoms with Crippen molar-refractivity contribution in [2.75, 3.05) is 33.7 Å². The fourth-order valence-corrected chi connectivity index (χ4v) is 2.12. The Morgan fingerprint density at radius 2 is 2.13 bits per heavy atom. The molecule has 0 amide bonds. The van der Waals surface area contributed by atoms with Crippen molar-refractivity contribution in [3.63, 3.8) is 0 Å². The van der Waals surface area contributed by atoms with Gasteiger partial charge in [-0.2, -0.15) is 0 Å². The summed E-state index contributed by atoms with van der Waals surface area (Å²) in [4.78, 5) is 4.74. The van der Waals surface area contributed by atoms with Gasteiger partial charge in [-0.05, 0) is 26.9 Å². The van der Waals surface area contributed by atoms with E-state index in [1.54, 1.807) is 0 Å². The summed E-state index contributed by atoms with van der Waals surface area (Å²) in [7, 11) is 4.34. The van der Waals surface area contributed by atoms with Crippen molar-refractivity contribution in [2.45, 2.75) is 31.8 Å². The molecule has 2 N–H and O–H groups in total. The van der Waals surface area contributed by atoms with Crippen LogP contribution in [-0.2, 0) is 0 Å². The molecular formula is C12H25N3. The van der Waals surface area contributed by atoms with E-state index in [0.717, 1.165) is 32.5 Å². The third kappa shape index (κ3) is 3.59. The lowest BCUT2D eigenvalue weighted by Crippen LogP contribution is -2.57. The van der Waals surface area contributed by atoms with Gasteiger partial charge < -0.3 is 10.6 Å². The molecule has 15 heavy (non-hydrogen) atoms. The Morgan fingerprint density at radius 1 is 1.47 bits per heavy atom. The Hall–Kier alpha value is -0.380. The quantitative estimate of drug-likeness (QED) is 0.702. The number of nitrogens with zero attached hydrogens (tertiary/aromatic N) is 2. The highest BCUT2D eigenvalue weighted by atomic mass is 15.3. The molecular weight excluding hydrogens is 186 g/mol. The Morgan fingerprint density at radius 3 is 2.73 bits per heavy atom. The van der Waals surface area contributed by atoms with E-state index < -0.39 is 0 Å². The monoisotopic (exact) mass is 211 g/mol. The van der Waals surface area contributed by atoms with Crippen LogP contribution in [0.15, 0.2) is 12.2 Å². The van der Waals surface area contributed by atoms with Crippen molar-refractivity contribution in [3.05, 3.63) is 12.2 Å². The first-order valence-corrected chi connectivity index (χ1v) is 5.85. The molecule has 1 aliphatic rings. The lowest BCUT2D eigenvalue weighted by atomic mass is 9.97. The fraction of sp³-hybridized carbons (Fsp3) is 0.833. The maximum Gasteiger partial charge on any atom is 0.0374 e. The molecule has 0 bridgehead atoms. The van der Waals surface area contributed by atoms with Gasteiger partial charge in [0.2, 0.25) is 0 Å². The molecule has 1 rings (SSSR count).